The van der Waals surface area contributed by atoms with Crippen LogP contribution in [0.5, 0.6) is 0 Å². The summed E-state index contributed by atoms with van der Waals surface area (Å²) in [7, 11) is 0. The SMILES string of the molecule is O=C(Cc1csc(NC(=O)NC2CCCCC2)n1)Nc1ccc(F)c(C(F)(F)F)c1. The third-order valence-corrected chi connectivity index (χ3v) is 5.42. The van der Waals surface area contributed by atoms with E-state index in [1.54, 1.807) is 5.38 Å². The van der Waals surface area contributed by atoms with Crippen molar-refractivity contribution in [2.24, 2.45) is 0 Å². The van der Waals surface area contributed by atoms with E-state index in [-0.39, 0.29) is 24.2 Å². The number of urea groups is 1. The highest BCUT2D eigenvalue weighted by Crippen LogP contribution is 2.33. The van der Waals surface area contributed by atoms with E-state index in [0.717, 1.165) is 43.1 Å². The van der Waals surface area contributed by atoms with E-state index in [9.17, 15) is 27.2 Å². The summed E-state index contributed by atoms with van der Waals surface area (Å²) in [6, 6.07) is 2.01. The lowest BCUT2D eigenvalue weighted by Crippen LogP contribution is -2.39. The highest BCUT2D eigenvalue weighted by Gasteiger charge is 2.34. The summed E-state index contributed by atoms with van der Waals surface area (Å²) in [5.41, 5.74) is -1.28. The van der Waals surface area contributed by atoms with Gasteiger partial charge in [0.1, 0.15) is 5.82 Å². The number of alkyl halides is 3. The molecule has 1 aliphatic carbocycles. The normalized spacial score (nSPS) is 14.9. The zero-order chi connectivity index (χ0) is 21.7. The first-order valence-corrected chi connectivity index (χ1v) is 10.3. The Morgan fingerprint density at radius 3 is 2.57 bits per heavy atom. The maximum atomic E-state index is 13.3. The van der Waals surface area contributed by atoms with Crippen LogP contribution in [0, 0.1) is 5.82 Å². The van der Waals surface area contributed by atoms with Gasteiger partial charge in [0, 0.05) is 17.1 Å². The molecular weight excluding hydrogens is 424 g/mol. The highest BCUT2D eigenvalue weighted by atomic mass is 32.1. The van der Waals surface area contributed by atoms with Crippen molar-refractivity contribution in [1.29, 1.82) is 0 Å². The number of hydrogen-bond donors (Lipinski definition) is 3. The van der Waals surface area contributed by atoms with Crippen molar-refractivity contribution in [3.05, 3.63) is 40.7 Å². The first kappa shape index (κ1) is 22.0. The Kier molecular flexibility index (Phi) is 6.91. The molecule has 30 heavy (non-hydrogen) atoms. The molecule has 1 aromatic carbocycles. The Balaban J connectivity index is 1.53. The van der Waals surface area contributed by atoms with Gasteiger partial charge >= 0.3 is 12.2 Å². The van der Waals surface area contributed by atoms with Crippen molar-refractivity contribution < 1.29 is 27.2 Å². The summed E-state index contributed by atoms with van der Waals surface area (Å²) in [5.74, 6) is -2.03. The highest BCUT2D eigenvalue weighted by molar-refractivity contribution is 7.13. The molecule has 1 aliphatic rings. The Morgan fingerprint density at radius 1 is 1.13 bits per heavy atom. The van der Waals surface area contributed by atoms with Crippen molar-refractivity contribution in [3.63, 3.8) is 0 Å². The Bertz CT molecular complexity index is 910. The summed E-state index contributed by atoms with van der Waals surface area (Å²) < 4.78 is 51.6. The summed E-state index contributed by atoms with van der Waals surface area (Å²) in [5, 5.41) is 9.69. The molecule has 1 saturated carbocycles. The Hall–Kier alpha value is -2.69. The average molecular weight is 444 g/mol. The van der Waals surface area contributed by atoms with E-state index in [1.807, 2.05) is 0 Å². The van der Waals surface area contributed by atoms with Crippen LogP contribution < -0.4 is 16.0 Å². The standard InChI is InChI=1S/C19H20F4N4O2S/c20-15-7-6-12(8-14(15)19(21,22)23)24-16(28)9-13-10-30-18(26-13)27-17(29)25-11-4-2-1-3-5-11/h6-8,10-11H,1-5,9H2,(H,24,28)(H2,25,26,27,29). The fourth-order valence-electron chi connectivity index (χ4n) is 3.20. The number of anilines is 2. The monoisotopic (exact) mass is 444 g/mol. The second-order valence-electron chi connectivity index (χ2n) is 6.99. The van der Waals surface area contributed by atoms with Gasteiger partial charge in [-0.2, -0.15) is 13.2 Å². The zero-order valence-corrected chi connectivity index (χ0v) is 16.6. The second-order valence-corrected chi connectivity index (χ2v) is 7.85. The molecule has 2 aromatic rings. The molecule has 162 valence electrons. The maximum Gasteiger partial charge on any atom is 0.419 e. The van der Waals surface area contributed by atoms with Crippen LogP contribution in [-0.4, -0.2) is 23.0 Å². The fourth-order valence-corrected chi connectivity index (χ4v) is 3.91. The predicted molar refractivity (Wildman–Crippen MR) is 105 cm³/mol. The van der Waals surface area contributed by atoms with Gasteiger partial charge in [-0.05, 0) is 31.0 Å². The number of halogens is 4. The molecule has 0 aliphatic heterocycles. The molecule has 0 unspecified atom stereocenters. The van der Waals surface area contributed by atoms with Gasteiger partial charge in [-0.25, -0.2) is 14.2 Å². The van der Waals surface area contributed by atoms with Crippen molar-refractivity contribution >= 4 is 34.1 Å². The number of amides is 3. The topological polar surface area (TPSA) is 83.1 Å². The third kappa shape index (κ3) is 6.15. The molecule has 3 rings (SSSR count). The lowest BCUT2D eigenvalue weighted by Gasteiger charge is -2.22. The van der Waals surface area contributed by atoms with Gasteiger partial charge in [0.2, 0.25) is 5.91 Å². The number of rotatable bonds is 5. The predicted octanol–water partition coefficient (Wildman–Crippen LogP) is 4.94. The average Bonchev–Trinajstić information content (AvgIpc) is 3.09. The number of thiazole rings is 1. The van der Waals surface area contributed by atoms with Crippen LogP contribution in [0.25, 0.3) is 0 Å². The van der Waals surface area contributed by atoms with E-state index in [2.05, 4.69) is 20.9 Å². The van der Waals surface area contributed by atoms with Gasteiger partial charge in [0.15, 0.2) is 5.13 Å². The van der Waals surface area contributed by atoms with Crippen molar-refractivity contribution in [1.82, 2.24) is 10.3 Å². The maximum absolute atomic E-state index is 13.3. The van der Waals surface area contributed by atoms with Gasteiger partial charge in [-0.1, -0.05) is 19.3 Å². The Labute approximate surface area is 174 Å². The lowest BCUT2D eigenvalue weighted by atomic mass is 9.96. The number of aromatic nitrogens is 1. The van der Waals surface area contributed by atoms with E-state index in [4.69, 9.17) is 0 Å². The van der Waals surface area contributed by atoms with E-state index in [1.165, 1.54) is 6.42 Å². The second kappa shape index (κ2) is 9.41. The molecule has 1 fully saturated rings. The number of benzene rings is 1. The van der Waals surface area contributed by atoms with Crippen molar-refractivity contribution in [2.75, 3.05) is 10.6 Å². The van der Waals surface area contributed by atoms with Crippen LogP contribution >= 0.6 is 11.3 Å². The smallest absolute Gasteiger partial charge is 0.335 e. The molecular formula is C19H20F4N4O2S. The zero-order valence-electron chi connectivity index (χ0n) is 15.8. The van der Waals surface area contributed by atoms with Crippen LogP contribution in [0.1, 0.15) is 43.4 Å². The number of nitrogens with zero attached hydrogens (tertiary/aromatic N) is 1. The fraction of sp³-hybridized carbons (Fsp3) is 0.421. The lowest BCUT2D eigenvalue weighted by molar-refractivity contribution is -0.140. The van der Waals surface area contributed by atoms with Gasteiger partial charge in [0.05, 0.1) is 17.7 Å². The minimum Gasteiger partial charge on any atom is -0.335 e. The van der Waals surface area contributed by atoms with Crippen LogP contribution in [0.15, 0.2) is 23.6 Å². The minimum atomic E-state index is -4.86. The molecule has 3 amide bonds. The molecule has 6 nitrogen and oxygen atoms in total. The molecule has 1 aromatic heterocycles. The molecule has 0 atom stereocenters. The van der Waals surface area contributed by atoms with E-state index >= 15 is 0 Å². The van der Waals surface area contributed by atoms with Crippen molar-refractivity contribution in [2.45, 2.75) is 50.7 Å². The van der Waals surface area contributed by atoms with Crippen molar-refractivity contribution in [3.8, 4) is 0 Å². The van der Waals surface area contributed by atoms with E-state index in [0.29, 0.717) is 23.0 Å². The summed E-state index contributed by atoms with van der Waals surface area (Å²) in [6.45, 7) is 0. The Morgan fingerprint density at radius 2 is 1.87 bits per heavy atom. The number of carbonyl (C=O) groups is 2. The van der Waals surface area contributed by atoms with Crippen LogP contribution in [0.2, 0.25) is 0 Å². The summed E-state index contributed by atoms with van der Waals surface area (Å²) >= 11 is 1.13. The van der Waals surface area contributed by atoms with Gasteiger partial charge < -0.3 is 10.6 Å². The number of nitrogens with one attached hydrogen (secondary N) is 3. The first-order chi connectivity index (χ1) is 14.2. The molecule has 0 bridgehead atoms. The quantitative estimate of drug-likeness (QED) is 0.572. The summed E-state index contributed by atoms with van der Waals surface area (Å²) in [6.07, 6.45) is 0.152. The molecule has 3 N–H and O–H groups in total. The number of hydrogen-bond acceptors (Lipinski definition) is 4. The van der Waals surface area contributed by atoms with E-state index < -0.39 is 23.5 Å². The number of carbonyl (C=O) groups excluding carboxylic acids is 2. The largest absolute Gasteiger partial charge is 0.419 e. The minimum absolute atomic E-state index is 0.140. The molecule has 0 radical (unpaired) electrons. The first-order valence-electron chi connectivity index (χ1n) is 9.39. The van der Waals surface area contributed by atoms with Gasteiger partial charge in [-0.15, -0.1) is 11.3 Å². The van der Waals surface area contributed by atoms with Crippen LogP contribution in [-0.2, 0) is 17.4 Å². The van der Waals surface area contributed by atoms with Gasteiger partial charge in [-0.3, -0.25) is 10.1 Å². The third-order valence-electron chi connectivity index (χ3n) is 4.61. The van der Waals surface area contributed by atoms with Crippen LogP contribution in [0.4, 0.5) is 33.2 Å². The molecule has 0 saturated heterocycles. The molecule has 11 heteroatoms. The van der Waals surface area contributed by atoms with Crippen LogP contribution in [0.3, 0.4) is 0 Å². The summed E-state index contributed by atoms with van der Waals surface area (Å²) in [4.78, 5) is 28.3. The van der Waals surface area contributed by atoms with Gasteiger partial charge in [0.25, 0.3) is 0 Å². The molecule has 1 heterocycles. The molecule has 0 spiro atoms.